The molecular weight excluding hydrogens is 624 g/mol. The van der Waals surface area contributed by atoms with E-state index in [9.17, 15) is 24.3 Å². The second-order valence-electron chi connectivity index (χ2n) is 11.5. The number of rotatable bonds is 18. The summed E-state index contributed by atoms with van der Waals surface area (Å²) in [5.74, 6) is -1.71. The smallest absolute Gasteiger partial charge is 0.343 e. The van der Waals surface area contributed by atoms with Crippen molar-refractivity contribution >= 4 is 29.4 Å². The summed E-state index contributed by atoms with van der Waals surface area (Å²) in [5, 5.41) is 15.1. The molecule has 0 bridgehead atoms. The number of aliphatic carboxylic acids is 1. The molecule has 0 unspecified atom stereocenters. The Hall–Kier alpha value is -5.48. The number of nitrogens with one attached hydrogen (secondary N) is 2. The molecular formula is C39H42N2O8. The fourth-order valence-corrected chi connectivity index (χ4v) is 5.05. The Labute approximate surface area is 286 Å². The molecule has 4 rings (SSSR count). The third-order valence-corrected chi connectivity index (χ3v) is 7.77. The van der Waals surface area contributed by atoms with Gasteiger partial charge < -0.3 is 30.0 Å². The van der Waals surface area contributed by atoms with E-state index in [2.05, 4.69) is 17.6 Å². The van der Waals surface area contributed by atoms with Crippen LogP contribution in [0.2, 0.25) is 0 Å². The topological polar surface area (TPSA) is 140 Å². The van der Waals surface area contributed by atoms with Crippen LogP contribution in [0.1, 0.15) is 77.0 Å². The standard InChI is InChI=1S/C39H42N2O8/c1-3-4-5-6-10-25-48-32-23-17-30(18-24-32)39(46)49-33-21-13-27(14-22-33)26-34(38(44)45)41-36(42)29-15-19-31(20-16-29)40-37(43)35(47-2)28-11-8-7-9-12-28/h7-9,11-24,34-35H,3-6,10,25-26H2,1-2H3,(H,40,43)(H,41,42)(H,44,45)/t34-,35+/m0/s1. The molecule has 0 saturated carbocycles. The van der Waals surface area contributed by atoms with Crippen LogP contribution in [0.25, 0.3) is 0 Å². The van der Waals surface area contributed by atoms with Gasteiger partial charge in [0.25, 0.3) is 11.8 Å². The van der Waals surface area contributed by atoms with Crippen molar-refractivity contribution in [1.29, 1.82) is 0 Å². The summed E-state index contributed by atoms with van der Waals surface area (Å²) in [6.45, 7) is 2.81. The summed E-state index contributed by atoms with van der Waals surface area (Å²) >= 11 is 0. The molecule has 49 heavy (non-hydrogen) atoms. The molecule has 0 fully saturated rings. The van der Waals surface area contributed by atoms with E-state index in [4.69, 9.17) is 14.2 Å². The van der Waals surface area contributed by atoms with Gasteiger partial charge in [-0.15, -0.1) is 0 Å². The lowest BCUT2D eigenvalue weighted by Gasteiger charge is -2.16. The maximum atomic E-state index is 12.9. The number of esters is 1. The first-order valence-corrected chi connectivity index (χ1v) is 16.3. The number of benzene rings is 4. The second kappa shape index (κ2) is 18.8. The van der Waals surface area contributed by atoms with Crippen LogP contribution >= 0.6 is 0 Å². The molecule has 256 valence electrons. The summed E-state index contributed by atoms with van der Waals surface area (Å²) in [4.78, 5) is 50.3. The number of unbranched alkanes of at least 4 members (excludes halogenated alkanes) is 4. The SMILES string of the molecule is CCCCCCCOc1ccc(C(=O)Oc2ccc(C[C@H](NC(=O)c3ccc(NC(=O)[C@H](OC)c4ccccc4)cc3)C(=O)O)cc2)cc1. The Morgan fingerprint density at radius 1 is 0.735 bits per heavy atom. The van der Waals surface area contributed by atoms with Gasteiger partial charge in [0.2, 0.25) is 0 Å². The Bertz CT molecular complexity index is 1660. The average Bonchev–Trinajstić information content (AvgIpc) is 3.11. The third-order valence-electron chi connectivity index (χ3n) is 7.77. The molecule has 10 heteroatoms. The first-order valence-electron chi connectivity index (χ1n) is 16.3. The molecule has 0 saturated heterocycles. The number of amides is 2. The predicted molar refractivity (Wildman–Crippen MR) is 186 cm³/mol. The fourth-order valence-electron chi connectivity index (χ4n) is 5.05. The van der Waals surface area contributed by atoms with Crippen LogP contribution in [0.4, 0.5) is 5.69 Å². The van der Waals surface area contributed by atoms with Crippen molar-refractivity contribution in [1.82, 2.24) is 5.32 Å². The van der Waals surface area contributed by atoms with Crippen molar-refractivity contribution in [3.05, 3.63) is 125 Å². The van der Waals surface area contributed by atoms with Crippen LogP contribution in [0.3, 0.4) is 0 Å². The lowest BCUT2D eigenvalue weighted by Crippen LogP contribution is -2.42. The highest BCUT2D eigenvalue weighted by Gasteiger charge is 2.23. The van der Waals surface area contributed by atoms with Crippen LogP contribution in [0, 0.1) is 0 Å². The average molecular weight is 667 g/mol. The van der Waals surface area contributed by atoms with Gasteiger partial charge in [-0.05, 0) is 78.2 Å². The van der Waals surface area contributed by atoms with Crippen LogP contribution < -0.4 is 20.1 Å². The van der Waals surface area contributed by atoms with E-state index in [1.165, 1.54) is 38.5 Å². The highest BCUT2D eigenvalue weighted by molar-refractivity contribution is 5.98. The van der Waals surface area contributed by atoms with Crippen LogP contribution in [-0.2, 0) is 20.7 Å². The Morgan fingerprint density at radius 3 is 2.00 bits per heavy atom. The molecule has 0 aliphatic heterocycles. The zero-order valence-corrected chi connectivity index (χ0v) is 27.7. The maximum absolute atomic E-state index is 12.9. The van der Waals surface area contributed by atoms with Gasteiger partial charge in [-0.3, -0.25) is 9.59 Å². The Kier molecular flexibility index (Phi) is 13.9. The van der Waals surface area contributed by atoms with Gasteiger partial charge in [0.1, 0.15) is 17.5 Å². The number of methoxy groups -OCH3 is 1. The van der Waals surface area contributed by atoms with E-state index in [1.807, 2.05) is 18.2 Å². The molecule has 0 aliphatic rings. The Morgan fingerprint density at radius 2 is 1.37 bits per heavy atom. The van der Waals surface area contributed by atoms with Crippen LogP contribution in [0.15, 0.2) is 103 Å². The van der Waals surface area contributed by atoms with E-state index in [-0.39, 0.29) is 17.9 Å². The largest absolute Gasteiger partial charge is 0.494 e. The summed E-state index contributed by atoms with van der Waals surface area (Å²) in [6, 6.07) is 27.1. The minimum absolute atomic E-state index is 0.00139. The van der Waals surface area contributed by atoms with Gasteiger partial charge in [-0.1, -0.05) is 75.1 Å². The van der Waals surface area contributed by atoms with E-state index in [0.717, 1.165) is 12.8 Å². The van der Waals surface area contributed by atoms with E-state index in [0.29, 0.717) is 40.5 Å². The molecule has 2 atom stereocenters. The van der Waals surface area contributed by atoms with Gasteiger partial charge in [0.05, 0.1) is 12.2 Å². The zero-order valence-electron chi connectivity index (χ0n) is 27.7. The number of carboxylic acid groups (broad SMARTS) is 1. The summed E-state index contributed by atoms with van der Waals surface area (Å²) in [6.07, 6.45) is 4.94. The minimum Gasteiger partial charge on any atom is -0.494 e. The molecule has 0 radical (unpaired) electrons. The minimum atomic E-state index is -1.22. The number of hydrogen-bond donors (Lipinski definition) is 3. The summed E-state index contributed by atoms with van der Waals surface area (Å²) < 4.78 is 16.6. The molecule has 2 amide bonds. The highest BCUT2D eigenvalue weighted by atomic mass is 16.5. The van der Waals surface area contributed by atoms with E-state index in [1.54, 1.807) is 72.8 Å². The fraction of sp³-hybridized carbons (Fsp3) is 0.282. The van der Waals surface area contributed by atoms with Crippen molar-refractivity contribution in [3.63, 3.8) is 0 Å². The number of ether oxygens (including phenoxy) is 3. The number of carbonyl (C=O) groups is 4. The van der Waals surface area contributed by atoms with Crippen molar-refractivity contribution in [2.24, 2.45) is 0 Å². The molecule has 4 aromatic rings. The zero-order chi connectivity index (χ0) is 35.0. The molecule has 0 spiro atoms. The number of anilines is 1. The second-order valence-corrected chi connectivity index (χ2v) is 11.5. The van der Waals surface area contributed by atoms with Gasteiger partial charge in [-0.25, -0.2) is 9.59 Å². The van der Waals surface area contributed by atoms with Gasteiger partial charge in [0, 0.05) is 24.8 Å². The van der Waals surface area contributed by atoms with Crippen molar-refractivity contribution < 1.29 is 38.5 Å². The van der Waals surface area contributed by atoms with Crippen LogP contribution in [0.5, 0.6) is 11.5 Å². The molecule has 10 nitrogen and oxygen atoms in total. The number of carboxylic acids is 1. The number of hydrogen-bond acceptors (Lipinski definition) is 7. The molecule has 0 aromatic heterocycles. The highest BCUT2D eigenvalue weighted by Crippen LogP contribution is 2.21. The maximum Gasteiger partial charge on any atom is 0.343 e. The van der Waals surface area contributed by atoms with Crippen molar-refractivity contribution in [2.45, 2.75) is 57.6 Å². The Balaban J connectivity index is 1.26. The van der Waals surface area contributed by atoms with Crippen molar-refractivity contribution in [3.8, 4) is 11.5 Å². The van der Waals surface area contributed by atoms with Gasteiger partial charge in [-0.2, -0.15) is 0 Å². The summed E-state index contributed by atoms with van der Waals surface area (Å²) in [7, 11) is 1.45. The predicted octanol–water partition coefficient (Wildman–Crippen LogP) is 7.01. The molecule has 4 aromatic carbocycles. The first kappa shape index (κ1) is 36.4. The molecule has 0 heterocycles. The quantitative estimate of drug-likeness (QED) is 0.0586. The third kappa shape index (κ3) is 11.3. The molecule has 3 N–H and O–H groups in total. The van der Waals surface area contributed by atoms with Crippen LogP contribution in [-0.4, -0.2) is 48.6 Å². The monoisotopic (exact) mass is 666 g/mol. The van der Waals surface area contributed by atoms with Gasteiger partial charge >= 0.3 is 11.9 Å². The number of carbonyl (C=O) groups excluding carboxylic acids is 3. The van der Waals surface area contributed by atoms with E-state index >= 15 is 0 Å². The lowest BCUT2D eigenvalue weighted by atomic mass is 10.0. The van der Waals surface area contributed by atoms with Gasteiger partial charge in [0.15, 0.2) is 6.10 Å². The van der Waals surface area contributed by atoms with Crippen molar-refractivity contribution in [2.75, 3.05) is 19.0 Å². The van der Waals surface area contributed by atoms with E-state index < -0.39 is 30.0 Å². The lowest BCUT2D eigenvalue weighted by molar-refractivity contribution is -0.139. The normalized spacial score (nSPS) is 12.0. The molecule has 0 aliphatic carbocycles. The summed E-state index contributed by atoms with van der Waals surface area (Å²) in [5.41, 5.74) is 2.36. The first-order chi connectivity index (χ1) is 23.8.